The molecule has 106 valence electrons. The molecule has 0 unspecified atom stereocenters. The zero-order valence-electron chi connectivity index (χ0n) is 12.4. The van der Waals surface area contributed by atoms with Crippen LogP contribution < -0.4 is 10.2 Å². The summed E-state index contributed by atoms with van der Waals surface area (Å²) in [5, 5.41) is 4.13. The van der Waals surface area contributed by atoms with Gasteiger partial charge in [0.05, 0.1) is 0 Å². The molecule has 1 aromatic heterocycles. The maximum atomic E-state index is 4.64. The Hall–Kier alpha value is -0.970. The molecule has 1 aliphatic heterocycles. The van der Waals surface area contributed by atoms with E-state index in [1.807, 2.05) is 6.26 Å². The maximum absolute atomic E-state index is 4.64. The van der Waals surface area contributed by atoms with Crippen molar-refractivity contribution < 1.29 is 0 Å². The summed E-state index contributed by atoms with van der Waals surface area (Å²) in [5.41, 5.74) is 0.469. The van der Waals surface area contributed by atoms with Gasteiger partial charge in [0.1, 0.15) is 11.6 Å². The molecule has 0 aromatic carbocycles. The SMILES string of the molecule is CCNc1cc(N2CCC(C)(C)CC2)nc(SC)n1. The van der Waals surface area contributed by atoms with E-state index in [0.717, 1.165) is 36.4 Å². The number of hydrogen-bond acceptors (Lipinski definition) is 5. The van der Waals surface area contributed by atoms with Gasteiger partial charge in [0.2, 0.25) is 0 Å². The minimum atomic E-state index is 0.469. The quantitative estimate of drug-likeness (QED) is 0.677. The van der Waals surface area contributed by atoms with E-state index in [4.69, 9.17) is 0 Å². The van der Waals surface area contributed by atoms with Crippen molar-refractivity contribution >= 4 is 23.4 Å². The lowest BCUT2D eigenvalue weighted by atomic mass is 9.83. The summed E-state index contributed by atoms with van der Waals surface area (Å²) in [6, 6.07) is 2.07. The fraction of sp³-hybridized carbons (Fsp3) is 0.714. The van der Waals surface area contributed by atoms with Gasteiger partial charge in [0, 0.05) is 25.7 Å². The van der Waals surface area contributed by atoms with Crippen LogP contribution in [0.25, 0.3) is 0 Å². The van der Waals surface area contributed by atoms with Crippen molar-refractivity contribution in [3.8, 4) is 0 Å². The molecule has 4 nitrogen and oxygen atoms in total. The third-order valence-electron chi connectivity index (χ3n) is 3.67. The Kier molecular flexibility index (Phi) is 4.55. The Morgan fingerprint density at radius 3 is 2.58 bits per heavy atom. The van der Waals surface area contributed by atoms with Crippen LogP contribution in [0, 0.1) is 5.41 Å². The van der Waals surface area contributed by atoms with E-state index < -0.39 is 0 Å². The number of anilines is 2. The van der Waals surface area contributed by atoms with E-state index in [1.54, 1.807) is 11.8 Å². The number of thioether (sulfide) groups is 1. The molecule has 2 rings (SSSR count). The van der Waals surface area contributed by atoms with Crippen molar-refractivity contribution in [1.29, 1.82) is 0 Å². The van der Waals surface area contributed by atoms with E-state index >= 15 is 0 Å². The number of piperidine rings is 1. The minimum Gasteiger partial charge on any atom is -0.370 e. The lowest BCUT2D eigenvalue weighted by Crippen LogP contribution is -2.37. The number of rotatable bonds is 4. The van der Waals surface area contributed by atoms with E-state index in [1.165, 1.54) is 12.8 Å². The van der Waals surface area contributed by atoms with Crippen molar-refractivity contribution in [2.75, 3.05) is 36.1 Å². The summed E-state index contributed by atoms with van der Waals surface area (Å²) in [6.45, 7) is 9.84. The Morgan fingerprint density at radius 2 is 2.00 bits per heavy atom. The molecular formula is C14H24N4S. The van der Waals surface area contributed by atoms with Gasteiger partial charge in [-0.2, -0.15) is 0 Å². The van der Waals surface area contributed by atoms with Gasteiger partial charge < -0.3 is 10.2 Å². The first kappa shape index (κ1) is 14.4. The average molecular weight is 280 g/mol. The van der Waals surface area contributed by atoms with E-state index in [-0.39, 0.29) is 0 Å². The van der Waals surface area contributed by atoms with Crippen molar-refractivity contribution in [1.82, 2.24) is 9.97 Å². The van der Waals surface area contributed by atoms with Crippen molar-refractivity contribution in [3.05, 3.63) is 6.07 Å². The van der Waals surface area contributed by atoms with Crippen LogP contribution in [-0.4, -0.2) is 35.9 Å². The second kappa shape index (κ2) is 5.99. The molecule has 5 heteroatoms. The zero-order valence-corrected chi connectivity index (χ0v) is 13.2. The van der Waals surface area contributed by atoms with Crippen LogP contribution in [-0.2, 0) is 0 Å². The van der Waals surface area contributed by atoms with Gasteiger partial charge in [-0.05, 0) is 31.4 Å². The van der Waals surface area contributed by atoms with Gasteiger partial charge in [-0.3, -0.25) is 0 Å². The molecule has 0 saturated carbocycles. The lowest BCUT2D eigenvalue weighted by molar-refractivity contribution is 0.279. The highest BCUT2D eigenvalue weighted by Gasteiger charge is 2.26. The first-order valence-corrected chi connectivity index (χ1v) is 8.18. The molecular weight excluding hydrogens is 256 g/mol. The summed E-state index contributed by atoms with van der Waals surface area (Å²) >= 11 is 1.60. The fourth-order valence-electron chi connectivity index (χ4n) is 2.28. The summed E-state index contributed by atoms with van der Waals surface area (Å²) in [4.78, 5) is 11.5. The molecule has 1 aliphatic rings. The van der Waals surface area contributed by atoms with Gasteiger partial charge in [-0.15, -0.1) is 0 Å². The molecule has 0 amide bonds. The van der Waals surface area contributed by atoms with Crippen LogP contribution in [0.1, 0.15) is 33.6 Å². The van der Waals surface area contributed by atoms with Crippen LogP contribution >= 0.6 is 11.8 Å². The predicted octanol–water partition coefficient (Wildman–Crippen LogP) is 3.26. The van der Waals surface area contributed by atoms with Gasteiger partial charge in [0.25, 0.3) is 0 Å². The predicted molar refractivity (Wildman–Crippen MR) is 83.2 cm³/mol. The average Bonchev–Trinajstić information content (AvgIpc) is 2.38. The van der Waals surface area contributed by atoms with Crippen molar-refractivity contribution in [2.24, 2.45) is 5.41 Å². The molecule has 0 atom stereocenters. The molecule has 1 N–H and O–H groups in total. The van der Waals surface area contributed by atoms with E-state index in [2.05, 4.69) is 47.0 Å². The molecule has 1 aromatic rings. The van der Waals surface area contributed by atoms with Gasteiger partial charge >= 0.3 is 0 Å². The molecule has 0 aliphatic carbocycles. The second-order valence-corrected chi connectivity index (χ2v) is 6.55. The topological polar surface area (TPSA) is 41.0 Å². The van der Waals surface area contributed by atoms with Crippen molar-refractivity contribution in [3.63, 3.8) is 0 Å². The van der Waals surface area contributed by atoms with Crippen LogP contribution in [0.3, 0.4) is 0 Å². The third kappa shape index (κ3) is 3.75. The highest BCUT2D eigenvalue weighted by molar-refractivity contribution is 7.98. The highest BCUT2D eigenvalue weighted by atomic mass is 32.2. The van der Waals surface area contributed by atoms with E-state index in [9.17, 15) is 0 Å². The highest BCUT2D eigenvalue weighted by Crippen LogP contribution is 2.32. The molecule has 2 heterocycles. The largest absolute Gasteiger partial charge is 0.370 e. The molecule has 0 bridgehead atoms. The Balaban J connectivity index is 2.17. The van der Waals surface area contributed by atoms with Crippen molar-refractivity contribution in [2.45, 2.75) is 38.8 Å². The molecule has 0 radical (unpaired) electrons. The van der Waals surface area contributed by atoms with Gasteiger partial charge in [0.15, 0.2) is 5.16 Å². The molecule has 19 heavy (non-hydrogen) atoms. The summed E-state index contributed by atoms with van der Waals surface area (Å²) in [7, 11) is 0. The third-order valence-corrected chi connectivity index (χ3v) is 4.22. The van der Waals surface area contributed by atoms with Gasteiger partial charge in [-0.25, -0.2) is 9.97 Å². The smallest absolute Gasteiger partial charge is 0.191 e. The minimum absolute atomic E-state index is 0.469. The van der Waals surface area contributed by atoms with Crippen LogP contribution in [0.4, 0.5) is 11.6 Å². The number of hydrogen-bond donors (Lipinski definition) is 1. The zero-order chi connectivity index (χ0) is 13.9. The Bertz CT molecular complexity index is 423. The molecule has 1 saturated heterocycles. The second-order valence-electron chi connectivity index (χ2n) is 5.78. The summed E-state index contributed by atoms with van der Waals surface area (Å²) in [5.74, 6) is 1.99. The summed E-state index contributed by atoms with van der Waals surface area (Å²) < 4.78 is 0. The van der Waals surface area contributed by atoms with Crippen LogP contribution in [0.15, 0.2) is 11.2 Å². The number of nitrogens with one attached hydrogen (secondary N) is 1. The van der Waals surface area contributed by atoms with Crippen LogP contribution in [0.2, 0.25) is 0 Å². The number of aromatic nitrogens is 2. The monoisotopic (exact) mass is 280 g/mol. The Labute approximate surface area is 120 Å². The first-order valence-electron chi connectivity index (χ1n) is 6.96. The number of nitrogens with zero attached hydrogens (tertiary/aromatic N) is 3. The van der Waals surface area contributed by atoms with E-state index in [0.29, 0.717) is 5.41 Å². The van der Waals surface area contributed by atoms with Gasteiger partial charge in [-0.1, -0.05) is 25.6 Å². The molecule has 1 fully saturated rings. The van der Waals surface area contributed by atoms with Crippen LogP contribution in [0.5, 0.6) is 0 Å². The first-order chi connectivity index (χ1) is 9.04. The fourth-order valence-corrected chi connectivity index (χ4v) is 2.65. The lowest BCUT2D eigenvalue weighted by Gasteiger charge is -2.37. The Morgan fingerprint density at radius 1 is 1.32 bits per heavy atom. The molecule has 0 spiro atoms. The summed E-state index contributed by atoms with van der Waals surface area (Å²) in [6.07, 6.45) is 4.47. The normalized spacial score (nSPS) is 18.4. The standard InChI is InChI=1S/C14H24N4S/c1-5-15-11-10-12(17-13(16-11)19-4)18-8-6-14(2,3)7-9-18/h10H,5-9H2,1-4H3,(H,15,16,17). The maximum Gasteiger partial charge on any atom is 0.191 e.